The Bertz CT molecular complexity index is 1420. The highest BCUT2D eigenvalue weighted by Gasteiger charge is 2.14. The number of anilines is 2. The quantitative estimate of drug-likeness (QED) is 0.354. The molecule has 3 aromatic carbocycles. The average Bonchev–Trinajstić information content (AvgIpc) is 2.80. The second kappa shape index (κ2) is 8.85. The Labute approximate surface area is 190 Å². The van der Waals surface area contributed by atoms with E-state index in [0.717, 1.165) is 10.9 Å². The second-order valence-corrected chi connectivity index (χ2v) is 7.31. The molecule has 8 heteroatoms. The number of fused-ring (bicyclic) bond motifs is 1. The van der Waals surface area contributed by atoms with Crippen molar-refractivity contribution in [2.75, 3.05) is 25.7 Å². The molecule has 0 atom stereocenters. The molecule has 6 N–H and O–H groups in total. The summed E-state index contributed by atoms with van der Waals surface area (Å²) in [6.45, 7) is 0. The van der Waals surface area contributed by atoms with Crippen molar-refractivity contribution in [1.29, 1.82) is 0 Å². The van der Waals surface area contributed by atoms with Crippen molar-refractivity contribution >= 4 is 22.5 Å². The molecule has 0 saturated heterocycles. The molecule has 0 fully saturated rings. The first kappa shape index (κ1) is 21.6. The lowest BCUT2D eigenvalue weighted by molar-refractivity contribution is 0.354. The zero-order valence-corrected chi connectivity index (χ0v) is 18.1. The first-order valence-corrected chi connectivity index (χ1v) is 9.98. The van der Waals surface area contributed by atoms with Crippen molar-refractivity contribution in [3.8, 4) is 34.8 Å². The molecule has 0 amide bonds. The van der Waals surface area contributed by atoms with Gasteiger partial charge in [-0.05, 0) is 41.3 Å². The fourth-order valence-corrected chi connectivity index (χ4v) is 3.53. The number of aromatic hydroxyl groups is 2. The second-order valence-electron chi connectivity index (χ2n) is 7.31. The Hall–Kier alpha value is -4.64. The lowest BCUT2D eigenvalue weighted by Gasteiger charge is -2.13. The van der Waals surface area contributed by atoms with E-state index in [1.807, 2.05) is 18.2 Å². The summed E-state index contributed by atoms with van der Waals surface area (Å²) in [5, 5.41) is 21.7. The Morgan fingerprint density at radius 2 is 1.70 bits per heavy atom. The summed E-state index contributed by atoms with van der Waals surface area (Å²) < 4.78 is 11.0. The molecule has 0 radical (unpaired) electrons. The standard InChI is InChI=1S/C25H22N4O4/c1-32-21-11-14(10-18-13-28-25(27)29-24(18)26)9-17(23(21)33-2)6-5-16-4-3-15-7-8-19(30)12-20(15)22(16)31/h3-4,7-9,11-13,30-31H,10H2,1-2H3,(H4,26,27,28,29). The third-order valence-electron chi connectivity index (χ3n) is 5.16. The van der Waals surface area contributed by atoms with Gasteiger partial charge >= 0.3 is 0 Å². The highest BCUT2D eigenvalue weighted by molar-refractivity contribution is 5.91. The van der Waals surface area contributed by atoms with Crippen LogP contribution in [0.1, 0.15) is 22.3 Å². The van der Waals surface area contributed by atoms with Gasteiger partial charge < -0.3 is 31.2 Å². The number of aromatic nitrogens is 2. The molecule has 8 nitrogen and oxygen atoms in total. The number of methoxy groups -OCH3 is 2. The summed E-state index contributed by atoms with van der Waals surface area (Å²) in [5.41, 5.74) is 14.1. The molecule has 166 valence electrons. The van der Waals surface area contributed by atoms with Crippen LogP contribution in [-0.2, 0) is 6.42 Å². The van der Waals surface area contributed by atoms with Crippen LogP contribution in [0.2, 0.25) is 0 Å². The SMILES string of the molecule is COc1cc(Cc2cnc(N)nc2N)cc(C#Cc2ccc3ccc(O)cc3c2O)c1OC. The van der Waals surface area contributed by atoms with Crippen LogP contribution >= 0.6 is 0 Å². The van der Waals surface area contributed by atoms with Crippen LogP contribution in [0.5, 0.6) is 23.0 Å². The van der Waals surface area contributed by atoms with Gasteiger partial charge in [0.05, 0.1) is 25.3 Å². The minimum absolute atomic E-state index is 0.00946. The molecule has 0 aliphatic carbocycles. The van der Waals surface area contributed by atoms with Gasteiger partial charge in [0.25, 0.3) is 0 Å². The van der Waals surface area contributed by atoms with Crippen LogP contribution < -0.4 is 20.9 Å². The fraction of sp³-hybridized carbons (Fsp3) is 0.120. The van der Waals surface area contributed by atoms with Crippen molar-refractivity contribution in [3.05, 3.63) is 70.9 Å². The zero-order valence-electron chi connectivity index (χ0n) is 18.1. The number of phenolic OH excluding ortho intramolecular Hbond substituents is 2. The maximum Gasteiger partial charge on any atom is 0.221 e. The molecule has 0 bridgehead atoms. The molecular weight excluding hydrogens is 420 g/mol. The predicted octanol–water partition coefficient (Wildman–Crippen LogP) is 3.21. The summed E-state index contributed by atoms with van der Waals surface area (Å²) in [4.78, 5) is 8.01. The number of ether oxygens (including phenoxy) is 2. The Morgan fingerprint density at radius 3 is 2.42 bits per heavy atom. The van der Waals surface area contributed by atoms with Crippen molar-refractivity contribution < 1.29 is 19.7 Å². The van der Waals surface area contributed by atoms with E-state index in [2.05, 4.69) is 21.8 Å². The summed E-state index contributed by atoms with van der Waals surface area (Å²) in [6, 6.07) is 12.0. The highest BCUT2D eigenvalue weighted by atomic mass is 16.5. The summed E-state index contributed by atoms with van der Waals surface area (Å²) in [7, 11) is 3.08. The Morgan fingerprint density at radius 1 is 0.939 bits per heavy atom. The number of hydrogen-bond donors (Lipinski definition) is 4. The molecule has 0 saturated carbocycles. The van der Waals surface area contributed by atoms with Gasteiger partial charge in [-0.25, -0.2) is 4.98 Å². The van der Waals surface area contributed by atoms with E-state index in [1.165, 1.54) is 13.2 Å². The third kappa shape index (κ3) is 4.38. The normalized spacial score (nSPS) is 10.5. The van der Waals surface area contributed by atoms with Gasteiger partial charge in [0.1, 0.15) is 17.3 Å². The molecular formula is C25H22N4O4. The fourth-order valence-electron chi connectivity index (χ4n) is 3.53. The van der Waals surface area contributed by atoms with E-state index in [4.69, 9.17) is 20.9 Å². The Balaban J connectivity index is 1.78. The van der Waals surface area contributed by atoms with Gasteiger partial charge in [0.2, 0.25) is 5.95 Å². The lowest BCUT2D eigenvalue weighted by Crippen LogP contribution is -2.04. The van der Waals surface area contributed by atoms with Gasteiger partial charge in [-0.2, -0.15) is 4.98 Å². The first-order chi connectivity index (χ1) is 15.9. The van der Waals surface area contributed by atoms with Crippen molar-refractivity contribution in [1.82, 2.24) is 9.97 Å². The number of rotatable bonds is 4. The van der Waals surface area contributed by atoms with Crippen LogP contribution in [0.15, 0.2) is 48.7 Å². The van der Waals surface area contributed by atoms with Crippen molar-refractivity contribution in [2.45, 2.75) is 6.42 Å². The topological polar surface area (TPSA) is 137 Å². The molecule has 0 aliphatic heterocycles. The molecule has 0 spiro atoms. The average molecular weight is 442 g/mol. The van der Waals surface area contributed by atoms with E-state index in [-0.39, 0.29) is 17.4 Å². The minimum Gasteiger partial charge on any atom is -0.508 e. The van der Waals surface area contributed by atoms with Gasteiger partial charge in [-0.15, -0.1) is 0 Å². The summed E-state index contributed by atoms with van der Waals surface area (Å²) >= 11 is 0. The number of phenols is 2. The minimum atomic E-state index is -0.00946. The number of nitrogens with zero attached hydrogens (tertiary/aromatic N) is 2. The van der Waals surface area contributed by atoms with Crippen molar-refractivity contribution in [2.24, 2.45) is 0 Å². The summed E-state index contributed by atoms with van der Waals surface area (Å²) in [5.74, 6) is 7.49. The lowest BCUT2D eigenvalue weighted by atomic mass is 10.0. The van der Waals surface area contributed by atoms with Crippen LogP contribution in [0.3, 0.4) is 0 Å². The van der Waals surface area contributed by atoms with Crippen LogP contribution in [0.4, 0.5) is 11.8 Å². The summed E-state index contributed by atoms with van der Waals surface area (Å²) in [6.07, 6.45) is 2.02. The maximum absolute atomic E-state index is 10.7. The maximum atomic E-state index is 10.7. The number of benzene rings is 3. The predicted molar refractivity (Wildman–Crippen MR) is 126 cm³/mol. The van der Waals surface area contributed by atoms with E-state index in [0.29, 0.717) is 45.8 Å². The number of hydrogen-bond acceptors (Lipinski definition) is 8. The molecule has 33 heavy (non-hydrogen) atoms. The van der Waals surface area contributed by atoms with E-state index < -0.39 is 0 Å². The van der Waals surface area contributed by atoms with Gasteiger partial charge in [-0.1, -0.05) is 24.0 Å². The Kier molecular flexibility index (Phi) is 5.79. The van der Waals surface area contributed by atoms with Gasteiger partial charge in [0.15, 0.2) is 11.5 Å². The molecule has 1 heterocycles. The van der Waals surface area contributed by atoms with Gasteiger partial charge in [-0.3, -0.25) is 0 Å². The van der Waals surface area contributed by atoms with E-state index in [1.54, 1.807) is 31.5 Å². The number of nitrogen functional groups attached to an aromatic ring is 2. The number of nitrogens with two attached hydrogens (primary N) is 2. The largest absolute Gasteiger partial charge is 0.508 e. The van der Waals surface area contributed by atoms with E-state index >= 15 is 0 Å². The monoisotopic (exact) mass is 442 g/mol. The zero-order chi connectivity index (χ0) is 23.5. The van der Waals surface area contributed by atoms with Gasteiger partial charge in [0, 0.05) is 23.6 Å². The van der Waals surface area contributed by atoms with Crippen LogP contribution in [0.25, 0.3) is 10.8 Å². The van der Waals surface area contributed by atoms with Crippen LogP contribution in [0, 0.1) is 11.8 Å². The van der Waals surface area contributed by atoms with Crippen LogP contribution in [-0.4, -0.2) is 34.4 Å². The van der Waals surface area contributed by atoms with E-state index in [9.17, 15) is 10.2 Å². The molecule has 0 unspecified atom stereocenters. The molecule has 4 aromatic rings. The molecule has 0 aliphatic rings. The third-order valence-corrected chi connectivity index (χ3v) is 5.16. The first-order valence-electron chi connectivity index (χ1n) is 9.98. The molecule has 1 aromatic heterocycles. The molecule has 4 rings (SSSR count). The highest BCUT2D eigenvalue weighted by Crippen LogP contribution is 2.34. The van der Waals surface area contributed by atoms with Crippen molar-refractivity contribution in [3.63, 3.8) is 0 Å². The smallest absolute Gasteiger partial charge is 0.221 e.